The van der Waals surface area contributed by atoms with Gasteiger partial charge in [-0.1, -0.05) is 18.2 Å². The summed E-state index contributed by atoms with van der Waals surface area (Å²) < 4.78 is 0. The fourth-order valence-corrected chi connectivity index (χ4v) is 2.95. The fourth-order valence-electron chi connectivity index (χ4n) is 2.95. The first-order valence-corrected chi connectivity index (χ1v) is 6.76. The Kier molecular flexibility index (Phi) is 2.85. The molecule has 0 aliphatic carbocycles. The number of benzene rings is 1. The van der Waals surface area contributed by atoms with Crippen LogP contribution in [-0.2, 0) is 16.0 Å². The molecule has 0 radical (unpaired) electrons. The predicted molar refractivity (Wildman–Crippen MR) is 72.0 cm³/mol. The summed E-state index contributed by atoms with van der Waals surface area (Å²) in [5.41, 5.74) is 0.743. The summed E-state index contributed by atoms with van der Waals surface area (Å²) in [4.78, 5) is 37.7. The first-order valence-electron chi connectivity index (χ1n) is 6.76. The SMILES string of the molecule is C[C@]1(N2CCc3ccccc3C2=O)CCC(=O)NC1=O. The molecule has 3 rings (SSSR count). The second-order valence-electron chi connectivity index (χ2n) is 5.52. The number of carbonyl (C=O) groups is 3. The average molecular weight is 272 g/mol. The van der Waals surface area contributed by atoms with Crippen LogP contribution in [-0.4, -0.2) is 34.7 Å². The lowest BCUT2D eigenvalue weighted by molar-refractivity contribution is -0.142. The van der Waals surface area contributed by atoms with Gasteiger partial charge in [0.2, 0.25) is 5.91 Å². The second kappa shape index (κ2) is 4.44. The number of rotatable bonds is 1. The Bertz CT molecular complexity index is 611. The normalized spacial score (nSPS) is 26.2. The summed E-state index contributed by atoms with van der Waals surface area (Å²) in [6.07, 6.45) is 1.39. The summed E-state index contributed by atoms with van der Waals surface area (Å²) in [6.45, 7) is 2.24. The van der Waals surface area contributed by atoms with Crippen LogP contribution in [0.5, 0.6) is 0 Å². The molecule has 2 heterocycles. The van der Waals surface area contributed by atoms with Crippen LogP contribution in [0, 0.1) is 0 Å². The highest BCUT2D eigenvalue weighted by atomic mass is 16.2. The molecule has 1 saturated heterocycles. The van der Waals surface area contributed by atoms with Gasteiger partial charge >= 0.3 is 0 Å². The number of hydrogen-bond donors (Lipinski definition) is 1. The molecule has 2 aliphatic rings. The van der Waals surface area contributed by atoms with Crippen LogP contribution in [0.1, 0.15) is 35.7 Å². The molecule has 0 bridgehead atoms. The second-order valence-corrected chi connectivity index (χ2v) is 5.52. The first kappa shape index (κ1) is 12.8. The van der Waals surface area contributed by atoms with Crippen molar-refractivity contribution in [1.29, 1.82) is 0 Å². The molecule has 2 aliphatic heterocycles. The minimum absolute atomic E-state index is 0.126. The molecule has 20 heavy (non-hydrogen) atoms. The van der Waals surface area contributed by atoms with Gasteiger partial charge < -0.3 is 4.90 Å². The maximum Gasteiger partial charge on any atom is 0.255 e. The molecular weight excluding hydrogens is 256 g/mol. The largest absolute Gasteiger partial charge is 0.324 e. The fraction of sp³-hybridized carbons (Fsp3) is 0.400. The molecule has 0 saturated carbocycles. The van der Waals surface area contributed by atoms with E-state index in [9.17, 15) is 14.4 Å². The van der Waals surface area contributed by atoms with Crippen molar-refractivity contribution in [2.24, 2.45) is 0 Å². The lowest BCUT2D eigenvalue weighted by atomic mass is 9.86. The maximum absolute atomic E-state index is 12.6. The Morgan fingerprint density at radius 2 is 1.90 bits per heavy atom. The van der Waals surface area contributed by atoms with Gasteiger partial charge in [0.05, 0.1) is 0 Å². The zero-order valence-corrected chi connectivity index (χ0v) is 11.3. The smallest absolute Gasteiger partial charge is 0.255 e. The Balaban J connectivity index is 1.94. The molecule has 0 spiro atoms. The molecule has 104 valence electrons. The standard InChI is InChI=1S/C15H16N2O3/c1-15(8-6-12(18)16-14(15)20)17-9-7-10-4-2-3-5-11(10)13(17)19/h2-5H,6-9H2,1H3,(H,16,18,20)/t15-/m0/s1. The molecule has 3 amide bonds. The zero-order valence-electron chi connectivity index (χ0n) is 11.3. The molecule has 1 N–H and O–H groups in total. The van der Waals surface area contributed by atoms with Crippen LogP contribution in [0.25, 0.3) is 0 Å². The van der Waals surface area contributed by atoms with Crippen molar-refractivity contribution in [1.82, 2.24) is 10.2 Å². The third-order valence-electron chi connectivity index (χ3n) is 4.27. The first-order chi connectivity index (χ1) is 9.52. The van der Waals surface area contributed by atoms with E-state index in [1.165, 1.54) is 0 Å². The van der Waals surface area contributed by atoms with Crippen LogP contribution in [0.4, 0.5) is 0 Å². The molecular formula is C15H16N2O3. The summed E-state index contributed by atoms with van der Waals surface area (Å²) >= 11 is 0. The van der Waals surface area contributed by atoms with Gasteiger partial charge in [0.1, 0.15) is 5.54 Å². The quantitative estimate of drug-likeness (QED) is 0.772. The summed E-state index contributed by atoms with van der Waals surface area (Å²) in [6, 6.07) is 7.47. The summed E-state index contributed by atoms with van der Waals surface area (Å²) in [7, 11) is 0. The maximum atomic E-state index is 12.6. The predicted octanol–water partition coefficient (Wildman–Crippen LogP) is 0.880. The van der Waals surface area contributed by atoms with Crippen molar-refractivity contribution in [3.63, 3.8) is 0 Å². The minimum atomic E-state index is -0.932. The van der Waals surface area contributed by atoms with Crippen LogP contribution >= 0.6 is 0 Å². The number of piperidine rings is 1. The highest BCUT2D eigenvalue weighted by Gasteiger charge is 2.46. The lowest BCUT2D eigenvalue weighted by Gasteiger charge is -2.44. The molecule has 0 aromatic heterocycles. The van der Waals surface area contributed by atoms with Crippen molar-refractivity contribution in [3.05, 3.63) is 35.4 Å². The number of nitrogens with zero attached hydrogens (tertiary/aromatic N) is 1. The third kappa shape index (κ3) is 1.81. The topological polar surface area (TPSA) is 66.5 Å². The number of carbonyl (C=O) groups excluding carboxylic acids is 3. The monoisotopic (exact) mass is 272 g/mol. The lowest BCUT2D eigenvalue weighted by Crippen LogP contribution is -2.64. The zero-order chi connectivity index (χ0) is 14.3. The van der Waals surface area contributed by atoms with Gasteiger partial charge in [-0.2, -0.15) is 0 Å². The number of fused-ring (bicyclic) bond motifs is 1. The Morgan fingerprint density at radius 3 is 2.65 bits per heavy atom. The van der Waals surface area contributed by atoms with E-state index in [2.05, 4.69) is 5.32 Å². The Labute approximate surface area is 116 Å². The van der Waals surface area contributed by atoms with Gasteiger partial charge in [-0.3, -0.25) is 19.7 Å². The van der Waals surface area contributed by atoms with E-state index in [4.69, 9.17) is 0 Å². The molecule has 5 heteroatoms. The van der Waals surface area contributed by atoms with E-state index in [0.29, 0.717) is 18.5 Å². The van der Waals surface area contributed by atoms with Crippen LogP contribution in [0.3, 0.4) is 0 Å². The number of hydrogen-bond acceptors (Lipinski definition) is 3. The average Bonchev–Trinajstić information content (AvgIpc) is 2.44. The van der Waals surface area contributed by atoms with Gasteiger partial charge in [0, 0.05) is 18.5 Å². The van der Waals surface area contributed by atoms with E-state index in [-0.39, 0.29) is 24.1 Å². The van der Waals surface area contributed by atoms with Crippen molar-refractivity contribution >= 4 is 17.7 Å². The van der Waals surface area contributed by atoms with Crippen molar-refractivity contribution in [3.8, 4) is 0 Å². The summed E-state index contributed by atoms with van der Waals surface area (Å²) in [5, 5.41) is 2.34. The Hall–Kier alpha value is -2.17. The number of imide groups is 1. The van der Waals surface area contributed by atoms with Crippen molar-refractivity contribution in [2.45, 2.75) is 31.7 Å². The van der Waals surface area contributed by atoms with E-state index in [0.717, 1.165) is 12.0 Å². The van der Waals surface area contributed by atoms with Crippen LogP contribution < -0.4 is 5.32 Å². The Morgan fingerprint density at radius 1 is 1.15 bits per heavy atom. The van der Waals surface area contributed by atoms with E-state index < -0.39 is 5.54 Å². The van der Waals surface area contributed by atoms with Crippen molar-refractivity contribution < 1.29 is 14.4 Å². The third-order valence-corrected chi connectivity index (χ3v) is 4.27. The van der Waals surface area contributed by atoms with Gasteiger partial charge in [0.25, 0.3) is 11.8 Å². The van der Waals surface area contributed by atoms with E-state index in [1.54, 1.807) is 17.9 Å². The van der Waals surface area contributed by atoms with Gasteiger partial charge in [-0.25, -0.2) is 0 Å². The number of amides is 3. The molecule has 1 atom stereocenters. The molecule has 1 aromatic carbocycles. The number of nitrogens with one attached hydrogen (secondary N) is 1. The van der Waals surface area contributed by atoms with Gasteiger partial charge in [0.15, 0.2) is 0 Å². The van der Waals surface area contributed by atoms with Gasteiger partial charge in [-0.05, 0) is 31.4 Å². The molecule has 1 aromatic rings. The molecule has 5 nitrogen and oxygen atoms in total. The van der Waals surface area contributed by atoms with Gasteiger partial charge in [-0.15, -0.1) is 0 Å². The molecule has 1 fully saturated rings. The van der Waals surface area contributed by atoms with Crippen LogP contribution in [0.15, 0.2) is 24.3 Å². The summed E-state index contributed by atoms with van der Waals surface area (Å²) in [5.74, 6) is -0.766. The molecule has 0 unspecified atom stereocenters. The highest BCUT2D eigenvalue weighted by molar-refractivity contribution is 6.06. The van der Waals surface area contributed by atoms with E-state index in [1.807, 2.05) is 18.2 Å². The van der Waals surface area contributed by atoms with Crippen LogP contribution in [0.2, 0.25) is 0 Å². The minimum Gasteiger partial charge on any atom is -0.324 e. The highest BCUT2D eigenvalue weighted by Crippen LogP contribution is 2.30. The van der Waals surface area contributed by atoms with Crippen molar-refractivity contribution in [2.75, 3.05) is 6.54 Å². The van der Waals surface area contributed by atoms with E-state index >= 15 is 0 Å².